The van der Waals surface area contributed by atoms with E-state index >= 15 is 0 Å². The van der Waals surface area contributed by atoms with Gasteiger partial charge in [0, 0.05) is 6.54 Å². The van der Waals surface area contributed by atoms with E-state index in [0.717, 1.165) is 24.2 Å². The summed E-state index contributed by atoms with van der Waals surface area (Å²) in [5.74, 6) is 0. The molecule has 1 heterocycles. The van der Waals surface area contributed by atoms with Gasteiger partial charge in [0.15, 0.2) is 0 Å². The van der Waals surface area contributed by atoms with Crippen molar-refractivity contribution in [1.82, 2.24) is 4.90 Å². The Bertz CT molecular complexity index is 539. The fraction of sp³-hybridized carbons (Fsp3) is 0.368. The number of aliphatic hydroxyl groups is 1. The van der Waals surface area contributed by atoms with Gasteiger partial charge in [0.2, 0.25) is 0 Å². The lowest BCUT2D eigenvalue weighted by molar-refractivity contribution is 0.0395. The van der Waals surface area contributed by atoms with Crippen LogP contribution in [0.15, 0.2) is 60.7 Å². The van der Waals surface area contributed by atoms with Gasteiger partial charge in [-0.05, 0) is 37.1 Å². The Kier molecular flexibility index (Phi) is 4.57. The van der Waals surface area contributed by atoms with E-state index < -0.39 is 5.60 Å². The molecule has 3 rings (SSSR count). The number of hydrogen-bond donors (Lipinski definition) is 2. The third-order valence-corrected chi connectivity index (χ3v) is 4.62. The smallest absolute Gasteiger partial charge is 0.131 e. The quantitative estimate of drug-likeness (QED) is 0.890. The van der Waals surface area contributed by atoms with Crippen molar-refractivity contribution in [3.63, 3.8) is 0 Å². The molecule has 0 aromatic heterocycles. The fourth-order valence-electron chi connectivity index (χ4n) is 3.35. The molecule has 0 aliphatic carbocycles. The molecular formula is C19H24N2O. The number of nitrogens with two attached hydrogens (primary N) is 1. The van der Waals surface area contributed by atoms with E-state index in [1.807, 2.05) is 60.7 Å². The lowest BCUT2D eigenvalue weighted by Crippen LogP contribution is -2.52. The average molecular weight is 296 g/mol. The molecule has 0 radical (unpaired) electrons. The van der Waals surface area contributed by atoms with Gasteiger partial charge in [-0.25, -0.2) is 0 Å². The molecule has 3 heteroatoms. The standard InChI is InChI=1S/C19H24N2O/c20-18(15-21-13-7-8-14-21)19(22,16-9-3-1-4-10-16)17-11-5-2-6-12-17/h1-6,9-12,18,22H,7-8,13-15,20H2/t18-/m0/s1. The van der Waals surface area contributed by atoms with Gasteiger partial charge < -0.3 is 15.7 Å². The number of rotatable bonds is 5. The molecule has 0 amide bonds. The number of likely N-dealkylation sites (tertiary alicyclic amines) is 1. The summed E-state index contributed by atoms with van der Waals surface area (Å²) in [5, 5.41) is 11.5. The topological polar surface area (TPSA) is 49.5 Å². The summed E-state index contributed by atoms with van der Waals surface area (Å²) in [5.41, 5.74) is 7.05. The van der Waals surface area contributed by atoms with Crippen molar-refractivity contribution in [3.05, 3.63) is 71.8 Å². The first-order valence-corrected chi connectivity index (χ1v) is 8.02. The van der Waals surface area contributed by atoms with E-state index in [-0.39, 0.29) is 6.04 Å². The summed E-state index contributed by atoms with van der Waals surface area (Å²) in [7, 11) is 0. The molecule has 0 spiro atoms. The predicted molar refractivity (Wildman–Crippen MR) is 89.5 cm³/mol. The van der Waals surface area contributed by atoms with Crippen molar-refractivity contribution in [3.8, 4) is 0 Å². The van der Waals surface area contributed by atoms with Gasteiger partial charge in [-0.3, -0.25) is 0 Å². The van der Waals surface area contributed by atoms with Crippen LogP contribution in [0, 0.1) is 0 Å². The largest absolute Gasteiger partial charge is 0.379 e. The van der Waals surface area contributed by atoms with Crippen molar-refractivity contribution in [2.24, 2.45) is 5.73 Å². The van der Waals surface area contributed by atoms with E-state index in [1.165, 1.54) is 12.8 Å². The Balaban J connectivity index is 1.95. The van der Waals surface area contributed by atoms with Crippen LogP contribution in [0.2, 0.25) is 0 Å². The Hall–Kier alpha value is -1.68. The molecule has 3 N–H and O–H groups in total. The first-order chi connectivity index (χ1) is 10.7. The third kappa shape index (κ3) is 2.93. The maximum absolute atomic E-state index is 11.5. The summed E-state index contributed by atoms with van der Waals surface area (Å²) in [6, 6.07) is 19.2. The monoisotopic (exact) mass is 296 g/mol. The molecule has 1 saturated heterocycles. The minimum absolute atomic E-state index is 0.365. The van der Waals surface area contributed by atoms with Crippen molar-refractivity contribution < 1.29 is 5.11 Å². The van der Waals surface area contributed by atoms with Crippen molar-refractivity contribution in [1.29, 1.82) is 0 Å². The third-order valence-electron chi connectivity index (χ3n) is 4.62. The molecule has 1 aliphatic rings. The first-order valence-electron chi connectivity index (χ1n) is 8.02. The highest BCUT2D eigenvalue weighted by Gasteiger charge is 2.39. The molecule has 116 valence electrons. The Morgan fingerprint density at radius 2 is 1.36 bits per heavy atom. The zero-order chi connectivity index (χ0) is 15.4. The highest BCUT2D eigenvalue weighted by Crippen LogP contribution is 2.32. The van der Waals surface area contributed by atoms with Gasteiger partial charge in [-0.2, -0.15) is 0 Å². The molecule has 2 aromatic rings. The van der Waals surface area contributed by atoms with E-state index in [2.05, 4.69) is 4.90 Å². The van der Waals surface area contributed by atoms with Crippen molar-refractivity contribution >= 4 is 0 Å². The summed E-state index contributed by atoms with van der Waals surface area (Å²) in [6.07, 6.45) is 2.45. The van der Waals surface area contributed by atoms with Crippen molar-refractivity contribution in [2.75, 3.05) is 19.6 Å². The average Bonchev–Trinajstić information content (AvgIpc) is 3.08. The van der Waals surface area contributed by atoms with Gasteiger partial charge in [-0.15, -0.1) is 0 Å². The van der Waals surface area contributed by atoms with Crippen LogP contribution in [0.5, 0.6) is 0 Å². The minimum Gasteiger partial charge on any atom is -0.379 e. The predicted octanol–water partition coefficient (Wildman–Crippen LogP) is 2.35. The van der Waals surface area contributed by atoms with E-state index in [9.17, 15) is 5.11 Å². The van der Waals surface area contributed by atoms with Gasteiger partial charge in [0.05, 0.1) is 6.04 Å². The molecule has 1 fully saturated rings. The zero-order valence-corrected chi connectivity index (χ0v) is 12.9. The van der Waals surface area contributed by atoms with Crippen LogP contribution < -0.4 is 5.73 Å². The van der Waals surface area contributed by atoms with E-state index in [1.54, 1.807) is 0 Å². The first kappa shape index (κ1) is 15.2. The molecule has 1 aliphatic heterocycles. The van der Waals surface area contributed by atoms with E-state index in [4.69, 9.17) is 5.73 Å². The highest BCUT2D eigenvalue weighted by atomic mass is 16.3. The zero-order valence-electron chi connectivity index (χ0n) is 12.9. The molecule has 2 aromatic carbocycles. The maximum atomic E-state index is 11.5. The molecule has 0 saturated carbocycles. The lowest BCUT2D eigenvalue weighted by Gasteiger charge is -2.37. The van der Waals surface area contributed by atoms with Crippen LogP contribution in [-0.4, -0.2) is 35.7 Å². The van der Waals surface area contributed by atoms with Crippen LogP contribution in [0.1, 0.15) is 24.0 Å². The second-order valence-corrected chi connectivity index (χ2v) is 6.11. The van der Waals surface area contributed by atoms with Crippen molar-refractivity contribution in [2.45, 2.75) is 24.5 Å². The molecule has 1 atom stereocenters. The summed E-state index contributed by atoms with van der Waals surface area (Å²) in [4.78, 5) is 2.35. The minimum atomic E-state index is -1.16. The second kappa shape index (κ2) is 6.61. The van der Waals surface area contributed by atoms with E-state index in [0.29, 0.717) is 6.54 Å². The molecule has 0 unspecified atom stereocenters. The van der Waals surface area contributed by atoms with Crippen LogP contribution in [0.4, 0.5) is 0 Å². The van der Waals surface area contributed by atoms with Crippen LogP contribution in [0.3, 0.4) is 0 Å². The maximum Gasteiger partial charge on any atom is 0.131 e. The van der Waals surface area contributed by atoms with Gasteiger partial charge in [0.25, 0.3) is 0 Å². The fourth-order valence-corrected chi connectivity index (χ4v) is 3.35. The number of nitrogens with zero attached hydrogens (tertiary/aromatic N) is 1. The summed E-state index contributed by atoms with van der Waals surface area (Å²) < 4.78 is 0. The SMILES string of the molecule is N[C@@H](CN1CCCC1)C(O)(c1ccccc1)c1ccccc1. The van der Waals surface area contributed by atoms with Crippen LogP contribution in [0.25, 0.3) is 0 Å². The normalized spacial score (nSPS) is 17.5. The van der Waals surface area contributed by atoms with Gasteiger partial charge in [0.1, 0.15) is 5.60 Å². The van der Waals surface area contributed by atoms with Gasteiger partial charge >= 0.3 is 0 Å². The molecule has 0 bridgehead atoms. The van der Waals surface area contributed by atoms with Gasteiger partial charge in [-0.1, -0.05) is 60.7 Å². The summed E-state index contributed by atoms with van der Waals surface area (Å²) in [6.45, 7) is 2.86. The second-order valence-electron chi connectivity index (χ2n) is 6.11. The molecule has 22 heavy (non-hydrogen) atoms. The molecular weight excluding hydrogens is 272 g/mol. The number of benzene rings is 2. The number of hydrogen-bond acceptors (Lipinski definition) is 3. The Morgan fingerprint density at radius 3 is 1.82 bits per heavy atom. The Morgan fingerprint density at radius 1 is 0.909 bits per heavy atom. The highest BCUT2D eigenvalue weighted by molar-refractivity contribution is 5.38. The lowest BCUT2D eigenvalue weighted by atomic mass is 9.80. The van der Waals surface area contributed by atoms with Crippen LogP contribution >= 0.6 is 0 Å². The summed E-state index contributed by atoms with van der Waals surface area (Å²) >= 11 is 0. The van der Waals surface area contributed by atoms with Crippen LogP contribution in [-0.2, 0) is 5.60 Å². The molecule has 3 nitrogen and oxygen atoms in total. The Labute approximate surface area is 132 Å².